The van der Waals surface area contributed by atoms with E-state index in [0.29, 0.717) is 19.5 Å². The van der Waals surface area contributed by atoms with Gasteiger partial charge in [0, 0.05) is 13.1 Å². The maximum absolute atomic E-state index is 12.9. The van der Waals surface area contributed by atoms with E-state index in [0.717, 1.165) is 11.1 Å². The fourth-order valence-electron chi connectivity index (χ4n) is 2.76. The van der Waals surface area contributed by atoms with Crippen molar-refractivity contribution in [3.63, 3.8) is 0 Å². The second kappa shape index (κ2) is 8.96. The van der Waals surface area contributed by atoms with Crippen LogP contribution in [0, 0.1) is 6.92 Å². The van der Waals surface area contributed by atoms with Crippen LogP contribution in [0.3, 0.4) is 0 Å². The highest BCUT2D eigenvalue weighted by Gasteiger charge is 2.28. The molecule has 0 radical (unpaired) electrons. The summed E-state index contributed by atoms with van der Waals surface area (Å²) in [6.45, 7) is 6.73. The Morgan fingerprint density at radius 3 is 2.12 bits per heavy atom. The average Bonchev–Trinajstić information content (AvgIpc) is 2.63. The molecule has 2 rings (SSSR count). The van der Waals surface area contributed by atoms with E-state index < -0.39 is 16.1 Å². The summed E-state index contributed by atoms with van der Waals surface area (Å²) in [5, 5.41) is 0. The molecule has 0 aliphatic rings. The number of carbonyl (C=O) groups excluding carboxylic acids is 1. The molecule has 0 aliphatic carbocycles. The largest absolute Gasteiger partial charge is 0.342 e. The minimum Gasteiger partial charge on any atom is -0.342 e. The maximum atomic E-state index is 12.9. The lowest BCUT2D eigenvalue weighted by atomic mass is 10.1. The molecule has 0 spiro atoms. The van der Waals surface area contributed by atoms with E-state index in [-0.39, 0.29) is 10.8 Å². The van der Waals surface area contributed by atoms with E-state index in [1.807, 2.05) is 51.1 Å². The van der Waals surface area contributed by atoms with Crippen molar-refractivity contribution in [1.82, 2.24) is 9.62 Å². The van der Waals surface area contributed by atoms with Crippen molar-refractivity contribution in [3.05, 3.63) is 65.7 Å². The standard InChI is InChI=1S/C20H26N2O3S/c1-4-22(5-2)20(23)19(15-17-9-7-6-8-10-17)21-26(24,25)18-13-11-16(3)12-14-18/h6-14,19,21H,4-5,15H2,1-3H3/t19-/m0/s1. The van der Waals surface area contributed by atoms with Gasteiger partial charge in [0.05, 0.1) is 4.90 Å². The molecule has 0 saturated heterocycles. The molecule has 6 heteroatoms. The first-order valence-electron chi connectivity index (χ1n) is 8.79. The van der Waals surface area contributed by atoms with Gasteiger partial charge in [0.2, 0.25) is 15.9 Å². The van der Waals surface area contributed by atoms with Gasteiger partial charge in [-0.25, -0.2) is 8.42 Å². The Hall–Kier alpha value is -2.18. The molecule has 5 nitrogen and oxygen atoms in total. The predicted molar refractivity (Wildman–Crippen MR) is 103 cm³/mol. The van der Waals surface area contributed by atoms with Gasteiger partial charge in [0.15, 0.2) is 0 Å². The number of hydrogen-bond donors (Lipinski definition) is 1. The zero-order valence-electron chi connectivity index (χ0n) is 15.5. The summed E-state index contributed by atoms with van der Waals surface area (Å²) >= 11 is 0. The van der Waals surface area contributed by atoms with E-state index in [4.69, 9.17) is 0 Å². The summed E-state index contributed by atoms with van der Waals surface area (Å²) in [5.41, 5.74) is 1.88. The fourth-order valence-corrected chi connectivity index (χ4v) is 3.95. The zero-order valence-corrected chi connectivity index (χ0v) is 16.3. The summed E-state index contributed by atoms with van der Waals surface area (Å²) in [5.74, 6) is -0.213. The van der Waals surface area contributed by atoms with Gasteiger partial charge in [-0.3, -0.25) is 4.79 Å². The van der Waals surface area contributed by atoms with Crippen molar-refractivity contribution < 1.29 is 13.2 Å². The van der Waals surface area contributed by atoms with Crippen LogP contribution in [-0.2, 0) is 21.2 Å². The van der Waals surface area contributed by atoms with Crippen LogP contribution in [0.1, 0.15) is 25.0 Å². The Balaban J connectivity index is 2.30. The molecule has 0 saturated carbocycles. The summed E-state index contributed by atoms with van der Waals surface area (Å²) < 4.78 is 28.1. The molecule has 140 valence electrons. The molecule has 2 aromatic rings. The second-order valence-electron chi connectivity index (χ2n) is 6.19. The Morgan fingerprint density at radius 1 is 1.00 bits per heavy atom. The normalized spacial score (nSPS) is 12.6. The summed E-state index contributed by atoms with van der Waals surface area (Å²) in [6.07, 6.45) is 0.307. The first-order chi connectivity index (χ1) is 12.4. The van der Waals surface area contributed by atoms with Gasteiger partial charge in [-0.1, -0.05) is 48.0 Å². The number of amides is 1. The van der Waals surface area contributed by atoms with Gasteiger partial charge in [0.25, 0.3) is 0 Å². The van der Waals surface area contributed by atoms with Crippen LogP contribution in [-0.4, -0.2) is 38.4 Å². The summed E-state index contributed by atoms with van der Waals surface area (Å²) in [6, 6.07) is 15.2. The van der Waals surface area contributed by atoms with Gasteiger partial charge in [0.1, 0.15) is 6.04 Å². The van der Waals surface area contributed by atoms with Crippen LogP contribution in [0.5, 0.6) is 0 Å². The van der Waals surface area contributed by atoms with Crippen LogP contribution in [0.4, 0.5) is 0 Å². The third-order valence-electron chi connectivity index (χ3n) is 4.28. The van der Waals surface area contributed by atoms with Crippen LogP contribution in [0.2, 0.25) is 0 Å². The van der Waals surface area contributed by atoms with Crippen LogP contribution >= 0.6 is 0 Å². The lowest BCUT2D eigenvalue weighted by Gasteiger charge is -2.26. The molecular weight excluding hydrogens is 348 g/mol. The molecule has 0 unspecified atom stereocenters. The minimum absolute atomic E-state index is 0.161. The Bertz CT molecular complexity index is 814. The maximum Gasteiger partial charge on any atom is 0.241 e. The molecule has 2 aromatic carbocycles. The molecule has 1 amide bonds. The topological polar surface area (TPSA) is 66.5 Å². The second-order valence-corrected chi connectivity index (χ2v) is 7.90. The highest BCUT2D eigenvalue weighted by Crippen LogP contribution is 2.13. The number of benzene rings is 2. The van der Waals surface area contributed by atoms with Gasteiger partial charge in [-0.05, 0) is 44.9 Å². The smallest absolute Gasteiger partial charge is 0.241 e. The molecular formula is C20H26N2O3S. The quantitative estimate of drug-likeness (QED) is 0.773. The number of rotatable bonds is 8. The average molecular weight is 375 g/mol. The highest BCUT2D eigenvalue weighted by molar-refractivity contribution is 7.89. The molecule has 0 heterocycles. The van der Waals surface area contributed by atoms with Crippen molar-refractivity contribution >= 4 is 15.9 Å². The molecule has 0 aliphatic heterocycles. The number of likely N-dealkylation sites (N-methyl/N-ethyl adjacent to an activating group) is 1. The zero-order chi connectivity index (χ0) is 19.2. The predicted octanol–water partition coefficient (Wildman–Crippen LogP) is 2.75. The van der Waals surface area contributed by atoms with Crippen molar-refractivity contribution in [3.8, 4) is 0 Å². The van der Waals surface area contributed by atoms with E-state index in [9.17, 15) is 13.2 Å². The molecule has 0 bridgehead atoms. The number of nitrogens with zero attached hydrogens (tertiary/aromatic N) is 1. The molecule has 0 aromatic heterocycles. The number of aryl methyl sites for hydroxylation is 1. The summed E-state index contributed by atoms with van der Waals surface area (Å²) in [4.78, 5) is 14.7. The molecule has 0 fully saturated rings. The van der Waals surface area contributed by atoms with Crippen LogP contribution in [0.15, 0.2) is 59.5 Å². The number of hydrogen-bond acceptors (Lipinski definition) is 3. The van der Waals surface area contributed by atoms with E-state index in [2.05, 4.69) is 4.72 Å². The van der Waals surface area contributed by atoms with Gasteiger partial charge in [-0.15, -0.1) is 0 Å². The third-order valence-corrected chi connectivity index (χ3v) is 5.77. The molecule has 26 heavy (non-hydrogen) atoms. The van der Waals surface area contributed by atoms with Crippen molar-refractivity contribution in [2.45, 2.75) is 38.1 Å². The van der Waals surface area contributed by atoms with Gasteiger partial charge in [-0.2, -0.15) is 4.72 Å². The first kappa shape index (κ1) is 20.1. The van der Waals surface area contributed by atoms with Gasteiger partial charge < -0.3 is 4.90 Å². The number of nitrogens with one attached hydrogen (secondary N) is 1. The van der Waals surface area contributed by atoms with E-state index in [1.54, 1.807) is 29.2 Å². The van der Waals surface area contributed by atoms with Crippen LogP contribution in [0.25, 0.3) is 0 Å². The lowest BCUT2D eigenvalue weighted by molar-refractivity contribution is -0.132. The van der Waals surface area contributed by atoms with Crippen molar-refractivity contribution in [1.29, 1.82) is 0 Å². The lowest BCUT2D eigenvalue weighted by Crippen LogP contribution is -2.49. The molecule has 1 atom stereocenters. The number of carbonyl (C=O) groups is 1. The third kappa shape index (κ3) is 5.16. The van der Waals surface area contributed by atoms with Crippen molar-refractivity contribution in [2.75, 3.05) is 13.1 Å². The highest BCUT2D eigenvalue weighted by atomic mass is 32.2. The Kier molecular flexibility index (Phi) is 6.94. The Morgan fingerprint density at radius 2 is 1.58 bits per heavy atom. The van der Waals surface area contributed by atoms with E-state index >= 15 is 0 Å². The van der Waals surface area contributed by atoms with Gasteiger partial charge >= 0.3 is 0 Å². The number of sulfonamides is 1. The SMILES string of the molecule is CCN(CC)C(=O)[C@H](Cc1ccccc1)NS(=O)(=O)c1ccc(C)cc1. The first-order valence-corrected chi connectivity index (χ1v) is 10.3. The van der Waals surface area contributed by atoms with Crippen LogP contribution < -0.4 is 4.72 Å². The fraction of sp³-hybridized carbons (Fsp3) is 0.350. The summed E-state index contributed by atoms with van der Waals surface area (Å²) in [7, 11) is -3.79. The van der Waals surface area contributed by atoms with Crippen molar-refractivity contribution in [2.24, 2.45) is 0 Å². The Labute approximate surface area is 156 Å². The minimum atomic E-state index is -3.79. The molecule has 1 N–H and O–H groups in total. The monoisotopic (exact) mass is 374 g/mol. The van der Waals surface area contributed by atoms with E-state index in [1.165, 1.54) is 0 Å².